The molecule has 1 nitrogen and oxygen atoms in total. The summed E-state index contributed by atoms with van der Waals surface area (Å²) in [7, 11) is 0. The van der Waals surface area contributed by atoms with E-state index in [0.717, 1.165) is 4.90 Å². The third-order valence-corrected chi connectivity index (χ3v) is 2.92. The molecule has 0 unspecified atom stereocenters. The lowest BCUT2D eigenvalue weighted by atomic mass is 10.0. The van der Waals surface area contributed by atoms with Gasteiger partial charge in [-0.05, 0) is 37.5 Å². The van der Waals surface area contributed by atoms with Crippen LogP contribution < -0.4 is 0 Å². The summed E-state index contributed by atoms with van der Waals surface area (Å²) in [6, 6.07) is 8.38. The monoisotopic (exact) mass is 210 g/mol. The molecule has 1 aromatic rings. The highest BCUT2D eigenvalue weighted by Gasteiger charge is 2.13. The molecule has 14 heavy (non-hydrogen) atoms. The number of aliphatic hydroxyl groups is 1. The SMILES string of the molecule is CC(C)c1ccc(SC(C)(C)O)cc1. The molecule has 0 amide bonds. The van der Waals surface area contributed by atoms with Gasteiger partial charge in [0, 0.05) is 4.90 Å². The highest BCUT2D eigenvalue weighted by Crippen LogP contribution is 2.30. The van der Waals surface area contributed by atoms with Crippen LogP contribution >= 0.6 is 11.8 Å². The smallest absolute Gasteiger partial charge is 0.109 e. The number of hydrogen-bond donors (Lipinski definition) is 1. The molecule has 1 aromatic carbocycles. The van der Waals surface area contributed by atoms with Gasteiger partial charge in [-0.1, -0.05) is 37.7 Å². The van der Waals surface area contributed by atoms with Crippen molar-refractivity contribution in [2.45, 2.75) is 43.4 Å². The van der Waals surface area contributed by atoms with Gasteiger partial charge in [0.2, 0.25) is 0 Å². The Hall–Kier alpha value is -0.470. The van der Waals surface area contributed by atoms with Crippen LogP contribution in [0.1, 0.15) is 39.2 Å². The molecule has 0 saturated carbocycles. The average Bonchev–Trinajstić information content (AvgIpc) is 2.02. The molecule has 1 rings (SSSR count). The highest BCUT2D eigenvalue weighted by molar-refractivity contribution is 8.00. The zero-order valence-corrected chi connectivity index (χ0v) is 10.1. The summed E-state index contributed by atoms with van der Waals surface area (Å²) < 4.78 is 0. The Morgan fingerprint density at radius 1 is 1.14 bits per heavy atom. The average molecular weight is 210 g/mol. The van der Waals surface area contributed by atoms with E-state index in [1.54, 1.807) is 13.8 Å². The normalized spacial score (nSPS) is 12.1. The fourth-order valence-electron chi connectivity index (χ4n) is 1.21. The van der Waals surface area contributed by atoms with Gasteiger partial charge in [-0.15, -0.1) is 0 Å². The van der Waals surface area contributed by atoms with Crippen molar-refractivity contribution in [3.63, 3.8) is 0 Å². The molecule has 0 heterocycles. The van der Waals surface area contributed by atoms with Crippen LogP contribution in [-0.4, -0.2) is 10.0 Å². The van der Waals surface area contributed by atoms with Gasteiger partial charge in [-0.3, -0.25) is 0 Å². The zero-order valence-electron chi connectivity index (χ0n) is 9.24. The summed E-state index contributed by atoms with van der Waals surface area (Å²) in [5.74, 6) is 0.566. The molecule has 0 saturated heterocycles. The summed E-state index contributed by atoms with van der Waals surface area (Å²) in [4.78, 5) is 0.418. The van der Waals surface area contributed by atoms with E-state index in [-0.39, 0.29) is 0 Å². The van der Waals surface area contributed by atoms with Crippen molar-refractivity contribution in [2.24, 2.45) is 0 Å². The van der Waals surface area contributed by atoms with E-state index in [4.69, 9.17) is 0 Å². The van der Waals surface area contributed by atoms with E-state index < -0.39 is 4.93 Å². The van der Waals surface area contributed by atoms with Crippen molar-refractivity contribution in [3.05, 3.63) is 29.8 Å². The summed E-state index contributed by atoms with van der Waals surface area (Å²) >= 11 is 1.48. The van der Waals surface area contributed by atoms with Crippen molar-refractivity contribution in [2.75, 3.05) is 0 Å². The minimum atomic E-state index is -0.695. The molecule has 0 aliphatic rings. The number of benzene rings is 1. The fraction of sp³-hybridized carbons (Fsp3) is 0.500. The van der Waals surface area contributed by atoms with Crippen LogP contribution in [0.3, 0.4) is 0 Å². The van der Waals surface area contributed by atoms with Crippen LogP contribution in [-0.2, 0) is 0 Å². The molecule has 0 aliphatic carbocycles. The maximum absolute atomic E-state index is 9.61. The molecule has 0 bridgehead atoms. The number of rotatable bonds is 3. The van der Waals surface area contributed by atoms with Gasteiger partial charge >= 0.3 is 0 Å². The van der Waals surface area contributed by atoms with E-state index in [1.807, 2.05) is 0 Å². The Labute approximate surface area is 90.5 Å². The maximum Gasteiger partial charge on any atom is 0.109 e. The van der Waals surface area contributed by atoms with Crippen LogP contribution in [0.25, 0.3) is 0 Å². The first-order valence-electron chi connectivity index (χ1n) is 4.90. The van der Waals surface area contributed by atoms with Gasteiger partial charge in [-0.2, -0.15) is 0 Å². The molecule has 1 N–H and O–H groups in total. The quantitative estimate of drug-likeness (QED) is 0.607. The molecule has 0 spiro atoms. The van der Waals surface area contributed by atoms with E-state index in [2.05, 4.69) is 38.1 Å². The van der Waals surface area contributed by atoms with E-state index in [0.29, 0.717) is 5.92 Å². The first-order valence-corrected chi connectivity index (χ1v) is 5.71. The Bertz CT molecular complexity index is 282. The predicted molar refractivity (Wildman–Crippen MR) is 62.7 cm³/mol. The Balaban J connectivity index is 2.74. The second kappa shape index (κ2) is 4.37. The third-order valence-electron chi connectivity index (χ3n) is 1.91. The van der Waals surface area contributed by atoms with Crippen LogP contribution in [0.15, 0.2) is 29.2 Å². The first-order chi connectivity index (χ1) is 6.38. The molecular weight excluding hydrogens is 192 g/mol. The van der Waals surface area contributed by atoms with Crippen LogP contribution in [0.4, 0.5) is 0 Å². The Morgan fingerprint density at radius 2 is 1.64 bits per heavy atom. The van der Waals surface area contributed by atoms with Gasteiger partial charge in [0.25, 0.3) is 0 Å². The van der Waals surface area contributed by atoms with Gasteiger partial charge in [0.1, 0.15) is 4.93 Å². The third kappa shape index (κ3) is 3.72. The first kappa shape index (κ1) is 11.6. The minimum Gasteiger partial charge on any atom is -0.380 e. The molecule has 0 atom stereocenters. The minimum absolute atomic E-state index is 0.566. The topological polar surface area (TPSA) is 20.2 Å². The van der Waals surface area contributed by atoms with Crippen molar-refractivity contribution in [1.29, 1.82) is 0 Å². The predicted octanol–water partition coefficient (Wildman–Crippen LogP) is 3.63. The van der Waals surface area contributed by atoms with Crippen molar-refractivity contribution < 1.29 is 5.11 Å². The second-order valence-corrected chi connectivity index (χ2v) is 5.95. The molecular formula is C12H18OS. The molecule has 0 radical (unpaired) electrons. The maximum atomic E-state index is 9.61. The van der Waals surface area contributed by atoms with Gasteiger partial charge in [-0.25, -0.2) is 0 Å². The van der Waals surface area contributed by atoms with Crippen molar-refractivity contribution >= 4 is 11.8 Å². The Kier molecular flexibility index (Phi) is 3.62. The van der Waals surface area contributed by atoms with E-state index in [9.17, 15) is 5.11 Å². The molecule has 0 aliphatic heterocycles. The van der Waals surface area contributed by atoms with Crippen LogP contribution in [0.5, 0.6) is 0 Å². The number of hydrogen-bond acceptors (Lipinski definition) is 2. The lowest BCUT2D eigenvalue weighted by molar-refractivity contribution is 0.179. The van der Waals surface area contributed by atoms with Gasteiger partial charge in [0.05, 0.1) is 0 Å². The lowest BCUT2D eigenvalue weighted by Crippen LogP contribution is -2.11. The van der Waals surface area contributed by atoms with Crippen LogP contribution in [0.2, 0.25) is 0 Å². The van der Waals surface area contributed by atoms with E-state index >= 15 is 0 Å². The van der Waals surface area contributed by atoms with Crippen molar-refractivity contribution in [1.82, 2.24) is 0 Å². The van der Waals surface area contributed by atoms with Crippen molar-refractivity contribution in [3.8, 4) is 0 Å². The molecule has 0 fully saturated rings. The Morgan fingerprint density at radius 3 is 2.00 bits per heavy atom. The van der Waals surface area contributed by atoms with Gasteiger partial charge < -0.3 is 5.11 Å². The summed E-state index contributed by atoms with van der Waals surface area (Å²) in [6.45, 7) is 7.96. The van der Waals surface area contributed by atoms with E-state index in [1.165, 1.54) is 17.3 Å². The highest BCUT2D eigenvalue weighted by atomic mass is 32.2. The fourth-order valence-corrected chi connectivity index (χ4v) is 2.06. The largest absolute Gasteiger partial charge is 0.380 e. The van der Waals surface area contributed by atoms with Crippen LogP contribution in [0, 0.1) is 0 Å². The summed E-state index contributed by atoms with van der Waals surface area (Å²) in [5, 5.41) is 9.61. The molecule has 78 valence electrons. The summed E-state index contributed by atoms with van der Waals surface area (Å²) in [5.41, 5.74) is 1.34. The number of thioether (sulfide) groups is 1. The lowest BCUT2D eigenvalue weighted by Gasteiger charge is -2.16. The summed E-state index contributed by atoms with van der Waals surface area (Å²) in [6.07, 6.45) is 0. The van der Waals surface area contributed by atoms with Gasteiger partial charge in [0.15, 0.2) is 0 Å². The molecule has 0 aromatic heterocycles. The standard InChI is InChI=1S/C12H18OS/c1-9(2)10-5-7-11(8-6-10)14-12(3,4)13/h5-9,13H,1-4H3. The second-order valence-electron chi connectivity index (χ2n) is 4.27. The molecule has 2 heteroatoms. The zero-order chi connectivity index (χ0) is 10.8.